The molecule has 138 valence electrons. The second-order valence-electron chi connectivity index (χ2n) is 7.89. The van der Waals surface area contributed by atoms with Crippen LogP contribution in [0.3, 0.4) is 0 Å². The fraction of sp³-hybridized carbons (Fsp3) is 0.667. The van der Waals surface area contributed by atoms with E-state index in [0.29, 0.717) is 18.4 Å². The van der Waals surface area contributed by atoms with Crippen molar-refractivity contribution in [3.05, 3.63) is 35.4 Å². The fourth-order valence-corrected chi connectivity index (χ4v) is 3.81. The van der Waals surface area contributed by atoms with E-state index in [2.05, 4.69) is 52.8 Å². The van der Waals surface area contributed by atoms with Gasteiger partial charge in [-0.3, -0.25) is 14.6 Å². The molecule has 0 bridgehead atoms. The molecule has 3 rings (SSSR count). The molecule has 0 unspecified atom stereocenters. The standard InChI is InChI=1S/C21H33N3O/c1-18(2)20-8-6-19(7-9-20)16-22-12-14-23(15-13-22)17-21(25)24-10-4-3-5-11-24/h6-9,18H,3-5,10-17H2,1-2H3. The highest BCUT2D eigenvalue weighted by molar-refractivity contribution is 5.78. The maximum Gasteiger partial charge on any atom is 0.236 e. The van der Waals surface area contributed by atoms with Crippen LogP contribution in [-0.2, 0) is 11.3 Å². The normalized spacial score (nSPS) is 20.2. The molecule has 4 heteroatoms. The zero-order chi connectivity index (χ0) is 17.6. The van der Waals surface area contributed by atoms with Crippen LogP contribution in [-0.4, -0.2) is 66.4 Å². The van der Waals surface area contributed by atoms with Crippen LogP contribution in [0.4, 0.5) is 0 Å². The average Bonchev–Trinajstić information content (AvgIpc) is 2.64. The minimum absolute atomic E-state index is 0.331. The third-order valence-electron chi connectivity index (χ3n) is 5.59. The molecule has 0 spiro atoms. The molecule has 0 aromatic heterocycles. The van der Waals surface area contributed by atoms with Crippen molar-refractivity contribution in [1.29, 1.82) is 0 Å². The lowest BCUT2D eigenvalue weighted by Crippen LogP contribution is -2.50. The lowest BCUT2D eigenvalue weighted by molar-refractivity contribution is -0.133. The van der Waals surface area contributed by atoms with Crippen LogP contribution in [0.25, 0.3) is 0 Å². The summed E-state index contributed by atoms with van der Waals surface area (Å²) >= 11 is 0. The second-order valence-corrected chi connectivity index (χ2v) is 7.89. The van der Waals surface area contributed by atoms with Gasteiger partial charge in [-0.1, -0.05) is 38.1 Å². The van der Waals surface area contributed by atoms with E-state index in [-0.39, 0.29) is 0 Å². The van der Waals surface area contributed by atoms with Crippen LogP contribution in [0.2, 0.25) is 0 Å². The highest BCUT2D eigenvalue weighted by atomic mass is 16.2. The number of piperazine rings is 1. The maximum absolute atomic E-state index is 12.4. The summed E-state index contributed by atoms with van der Waals surface area (Å²) in [6.07, 6.45) is 3.63. The highest BCUT2D eigenvalue weighted by Crippen LogP contribution is 2.16. The quantitative estimate of drug-likeness (QED) is 0.822. The predicted octanol–water partition coefficient (Wildman–Crippen LogP) is 2.94. The van der Waals surface area contributed by atoms with Gasteiger partial charge in [-0.2, -0.15) is 0 Å². The molecule has 1 aromatic rings. The van der Waals surface area contributed by atoms with E-state index in [9.17, 15) is 4.79 Å². The minimum atomic E-state index is 0.331. The van der Waals surface area contributed by atoms with Gasteiger partial charge in [-0.25, -0.2) is 0 Å². The number of carbonyl (C=O) groups is 1. The molecule has 25 heavy (non-hydrogen) atoms. The van der Waals surface area contributed by atoms with Crippen molar-refractivity contribution in [3.8, 4) is 0 Å². The molecule has 4 nitrogen and oxygen atoms in total. The van der Waals surface area contributed by atoms with Crippen molar-refractivity contribution in [3.63, 3.8) is 0 Å². The lowest BCUT2D eigenvalue weighted by Gasteiger charge is -2.36. The van der Waals surface area contributed by atoms with Crippen molar-refractivity contribution >= 4 is 5.91 Å². The topological polar surface area (TPSA) is 26.8 Å². The Bertz CT molecular complexity index is 541. The van der Waals surface area contributed by atoms with E-state index < -0.39 is 0 Å². The van der Waals surface area contributed by atoms with Crippen LogP contribution in [0, 0.1) is 0 Å². The van der Waals surface area contributed by atoms with Crippen LogP contribution in [0.1, 0.15) is 50.2 Å². The SMILES string of the molecule is CC(C)c1ccc(CN2CCN(CC(=O)N3CCCCC3)CC2)cc1. The van der Waals surface area contributed by atoms with E-state index in [4.69, 9.17) is 0 Å². The van der Waals surface area contributed by atoms with E-state index in [1.807, 2.05) is 0 Å². The van der Waals surface area contributed by atoms with E-state index in [1.54, 1.807) is 0 Å². The maximum atomic E-state index is 12.4. The Morgan fingerprint density at radius 3 is 2.08 bits per heavy atom. The summed E-state index contributed by atoms with van der Waals surface area (Å²) in [6, 6.07) is 9.05. The predicted molar refractivity (Wildman–Crippen MR) is 103 cm³/mol. The first kappa shape index (κ1) is 18.4. The largest absolute Gasteiger partial charge is 0.342 e. The van der Waals surface area contributed by atoms with Gasteiger partial charge in [0.1, 0.15) is 0 Å². The van der Waals surface area contributed by atoms with Gasteiger partial charge in [0.2, 0.25) is 5.91 Å². The highest BCUT2D eigenvalue weighted by Gasteiger charge is 2.22. The van der Waals surface area contributed by atoms with Crippen LogP contribution >= 0.6 is 0 Å². The van der Waals surface area contributed by atoms with Gasteiger partial charge in [0, 0.05) is 45.8 Å². The van der Waals surface area contributed by atoms with E-state index in [1.165, 1.54) is 30.4 Å². The third-order valence-corrected chi connectivity index (χ3v) is 5.59. The first-order chi connectivity index (χ1) is 12.1. The van der Waals surface area contributed by atoms with Gasteiger partial charge in [0.25, 0.3) is 0 Å². The van der Waals surface area contributed by atoms with Crippen LogP contribution in [0.15, 0.2) is 24.3 Å². The van der Waals surface area contributed by atoms with Crippen molar-refractivity contribution in [2.75, 3.05) is 45.8 Å². The van der Waals surface area contributed by atoms with Crippen molar-refractivity contribution in [1.82, 2.24) is 14.7 Å². The van der Waals surface area contributed by atoms with Gasteiger partial charge in [-0.05, 0) is 36.3 Å². The minimum Gasteiger partial charge on any atom is -0.342 e. The van der Waals surface area contributed by atoms with Crippen molar-refractivity contribution < 1.29 is 4.79 Å². The van der Waals surface area contributed by atoms with Gasteiger partial charge in [0.15, 0.2) is 0 Å². The Hall–Kier alpha value is -1.39. The van der Waals surface area contributed by atoms with Crippen molar-refractivity contribution in [2.24, 2.45) is 0 Å². The number of hydrogen-bond donors (Lipinski definition) is 0. The number of nitrogens with zero attached hydrogens (tertiary/aromatic N) is 3. The summed E-state index contributed by atoms with van der Waals surface area (Å²) in [6.45, 7) is 12.1. The molecule has 0 saturated carbocycles. The lowest BCUT2D eigenvalue weighted by atomic mass is 10.0. The molecule has 2 heterocycles. The second kappa shape index (κ2) is 8.81. The van der Waals surface area contributed by atoms with Gasteiger partial charge >= 0.3 is 0 Å². The average molecular weight is 344 g/mol. The molecule has 2 fully saturated rings. The number of amides is 1. The molecule has 0 aliphatic carbocycles. The molecule has 0 N–H and O–H groups in total. The molecule has 1 amide bonds. The molecule has 0 atom stereocenters. The Morgan fingerprint density at radius 1 is 0.880 bits per heavy atom. The number of hydrogen-bond acceptors (Lipinski definition) is 3. The zero-order valence-electron chi connectivity index (χ0n) is 15.9. The Kier molecular flexibility index (Phi) is 6.49. The third kappa shape index (κ3) is 5.29. The fourth-order valence-electron chi connectivity index (χ4n) is 3.81. The molecular formula is C21H33N3O. The van der Waals surface area contributed by atoms with Gasteiger partial charge < -0.3 is 4.90 Å². The Balaban J connectivity index is 1.41. The molecule has 2 aliphatic heterocycles. The van der Waals surface area contributed by atoms with Crippen LogP contribution < -0.4 is 0 Å². The van der Waals surface area contributed by atoms with Crippen molar-refractivity contribution in [2.45, 2.75) is 45.6 Å². The molecule has 2 saturated heterocycles. The van der Waals surface area contributed by atoms with E-state index >= 15 is 0 Å². The summed E-state index contributed by atoms with van der Waals surface area (Å²) < 4.78 is 0. The molecule has 2 aliphatic rings. The van der Waals surface area contributed by atoms with Gasteiger partial charge in [0.05, 0.1) is 6.54 Å². The first-order valence-electron chi connectivity index (χ1n) is 9.93. The van der Waals surface area contributed by atoms with Gasteiger partial charge in [-0.15, -0.1) is 0 Å². The summed E-state index contributed by atoms with van der Waals surface area (Å²) in [5, 5.41) is 0. The Morgan fingerprint density at radius 2 is 1.48 bits per heavy atom. The number of carbonyl (C=O) groups excluding carboxylic acids is 1. The van der Waals surface area contributed by atoms with E-state index in [0.717, 1.165) is 45.8 Å². The summed E-state index contributed by atoms with van der Waals surface area (Å²) in [5.74, 6) is 0.924. The Labute approximate surface area is 152 Å². The summed E-state index contributed by atoms with van der Waals surface area (Å²) in [5.41, 5.74) is 2.80. The summed E-state index contributed by atoms with van der Waals surface area (Å²) in [7, 11) is 0. The number of piperidine rings is 1. The molecule has 1 aromatic carbocycles. The first-order valence-corrected chi connectivity index (χ1v) is 9.93. The number of likely N-dealkylation sites (tertiary alicyclic amines) is 1. The monoisotopic (exact) mass is 343 g/mol. The molecular weight excluding hydrogens is 310 g/mol. The molecule has 0 radical (unpaired) electrons. The zero-order valence-corrected chi connectivity index (χ0v) is 15.9. The summed E-state index contributed by atoms with van der Waals surface area (Å²) in [4.78, 5) is 19.3. The number of rotatable bonds is 5. The smallest absolute Gasteiger partial charge is 0.236 e. The number of benzene rings is 1. The van der Waals surface area contributed by atoms with Crippen LogP contribution in [0.5, 0.6) is 0 Å².